The molecule has 4 heteroatoms. The van der Waals surface area contributed by atoms with Crippen LogP contribution in [0, 0.1) is 0 Å². The van der Waals surface area contributed by atoms with E-state index in [0.717, 1.165) is 24.5 Å². The molecule has 1 aromatic carbocycles. The second kappa shape index (κ2) is 5.23. The monoisotopic (exact) mass is 242 g/mol. The number of para-hydroxylation sites is 2. The first-order chi connectivity index (χ1) is 8.93. The van der Waals surface area contributed by atoms with Gasteiger partial charge < -0.3 is 15.2 Å². The van der Waals surface area contributed by atoms with Gasteiger partial charge in [-0.2, -0.15) is 0 Å². The number of benzene rings is 1. The average molecular weight is 242 g/mol. The van der Waals surface area contributed by atoms with Gasteiger partial charge in [-0.1, -0.05) is 12.1 Å². The zero-order valence-corrected chi connectivity index (χ0v) is 10.3. The van der Waals surface area contributed by atoms with Gasteiger partial charge in [0.25, 0.3) is 0 Å². The van der Waals surface area contributed by atoms with Crippen LogP contribution in [0.15, 0.2) is 43.0 Å². The summed E-state index contributed by atoms with van der Waals surface area (Å²) in [5, 5.41) is 7.03. The third-order valence-corrected chi connectivity index (χ3v) is 3.39. The third kappa shape index (κ3) is 2.38. The van der Waals surface area contributed by atoms with E-state index < -0.39 is 0 Å². The van der Waals surface area contributed by atoms with Crippen molar-refractivity contribution in [1.82, 2.24) is 14.9 Å². The minimum atomic E-state index is 0.598. The molecule has 0 spiro atoms. The lowest BCUT2D eigenvalue weighted by atomic mass is 10.2. The summed E-state index contributed by atoms with van der Waals surface area (Å²) in [6.07, 6.45) is 8.15. The maximum atomic E-state index is 4.10. The lowest BCUT2D eigenvalue weighted by Crippen LogP contribution is -2.29. The van der Waals surface area contributed by atoms with Gasteiger partial charge in [0.2, 0.25) is 0 Å². The van der Waals surface area contributed by atoms with Gasteiger partial charge in [0, 0.05) is 25.0 Å². The van der Waals surface area contributed by atoms with Gasteiger partial charge in [-0.25, -0.2) is 4.98 Å². The van der Waals surface area contributed by atoms with Crippen LogP contribution in [0.4, 0.5) is 5.69 Å². The van der Waals surface area contributed by atoms with Crippen LogP contribution < -0.4 is 10.6 Å². The van der Waals surface area contributed by atoms with E-state index in [9.17, 15) is 0 Å². The summed E-state index contributed by atoms with van der Waals surface area (Å²) in [4.78, 5) is 4.10. The van der Waals surface area contributed by atoms with Crippen molar-refractivity contribution in [3.63, 3.8) is 0 Å². The number of aromatic nitrogens is 2. The fourth-order valence-corrected chi connectivity index (χ4v) is 2.41. The van der Waals surface area contributed by atoms with Crippen LogP contribution in [0.25, 0.3) is 5.69 Å². The molecule has 18 heavy (non-hydrogen) atoms. The number of hydrogen-bond donors (Lipinski definition) is 2. The van der Waals surface area contributed by atoms with Crippen molar-refractivity contribution in [2.45, 2.75) is 18.9 Å². The van der Waals surface area contributed by atoms with Crippen molar-refractivity contribution in [3.8, 4) is 5.69 Å². The first-order valence-corrected chi connectivity index (χ1v) is 6.48. The van der Waals surface area contributed by atoms with Crippen LogP contribution in [0.3, 0.4) is 0 Å². The molecular formula is C14H18N4. The number of rotatable bonds is 4. The molecule has 1 unspecified atom stereocenters. The zero-order valence-electron chi connectivity index (χ0n) is 10.3. The second-order valence-corrected chi connectivity index (χ2v) is 4.66. The highest BCUT2D eigenvalue weighted by atomic mass is 15.1. The van der Waals surface area contributed by atoms with Crippen molar-refractivity contribution in [1.29, 1.82) is 0 Å². The highest BCUT2D eigenvalue weighted by molar-refractivity contribution is 5.61. The van der Waals surface area contributed by atoms with Crippen molar-refractivity contribution < 1.29 is 0 Å². The summed E-state index contributed by atoms with van der Waals surface area (Å²) in [7, 11) is 0. The second-order valence-electron chi connectivity index (χ2n) is 4.66. The molecule has 1 fully saturated rings. The summed E-state index contributed by atoms with van der Waals surface area (Å²) in [5.41, 5.74) is 2.30. The van der Waals surface area contributed by atoms with Gasteiger partial charge >= 0.3 is 0 Å². The molecule has 0 saturated carbocycles. The molecule has 2 N–H and O–H groups in total. The molecule has 4 nitrogen and oxygen atoms in total. The van der Waals surface area contributed by atoms with Crippen LogP contribution in [0.1, 0.15) is 12.8 Å². The smallest absolute Gasteiger partial charge is 0.0992 e. The molecule has 0 radical (unpaired) electrons. The van der Waals surface area contributed by atoms with Gasteiger partial charge in [0.15, 0.2) is 0 Å². The van der Waals surface area contributed by atoms with Crippen molar-refractivity contribution >= 4 is 5.69 Å². The Hall–Kier alpha value is -1.81. The Morgan fingerprint density at radius 2 is 2.33 bits per heavy atom. The number of anilines is 1. The number of hydrogen-bond acceptors (Lipinski definition) is 3. The van der Waals surface area contributed by atoms with Gasteiger partial charge in [-0.15, -0.1) is 0 Å². The first-order valence-electron chi connectivity index (χ1n) is 6.48. The molecule has 1 aliphatic rings. The minimum absolute atomic E-state index is 0.598. The summed E-state index contributed by atoms with van der Waals surface area (Å²) >= 11 is 0. The molecule has 3 rings (SSSR count). The van der Waals surface area contributed by atoms with E-state index >= 15 is 0 Å². The maximum absolute atomic E-state index is 4.10. The lowest BCUT2D eigenvalue weighted by molar-refractivity contribution is 0.633. The largest absolute Gasteiger partial charge is 0.382 e. The van der Waals surface area contributed by atoms with E-state index in [2.05, 4.69) is 33.8 Å². The molecule has 2 aromatic rings. The van der Waals surface area contributed by atoms with Crippen LogP contribution in [0.2, 0.25) is 0 Å². The molecule has 1 aliphatic heterocycles. The van der Waals surface area contributed by atoms with Crippen molar-refractivity contribution in [2.24, 2.45) is 0 Å². The summed E-state index contributed by atoms with van der Waals surface area (Å²) < 4.78 is 2.03. The van der Waals surface area contributed by atoms with Crippen LogP contribution in [-0.2, 0) is 0 Å². The third-order valence-electron chi connectivity index (χ3n) is 3.39. The topological polar surface area (TPSA) is 41.9 Å². The Kier molecular flexibility index (Phi) is 3.28. The van der Waals surface area contributed by atoms with Gasteiger partial charge in [-0.3, -0.25) is 0 Å². The highest BCUT2D eigenvalue weighted by Gasteiger charge is 2.13. The minimum Gasteiger partial charge on any atom is -0.382 e. The Labute approximate surface area is 107 Å². The molecule has 94 valence electrons. The van der Waals surface area contributed by atoms with E-state index in [4.69, 9.17) is 0 Å². The normalized spacial score (nSPS) is 19.0. The molecule has 0 aliphatic carbocycles. The molecular weight excluding hydrogens is 224 g/mol. The molecule has 1 aromatic heterocycles. The molecule has 1 atom stereocenters. The number of nitrogens with one attached hydrogen (secondary N) is 2. The summed E-state index contributed by atoms with van der Waals surface area (Å²) in [5.74, 6) is 0. The SMILES string of the molecule is c1ccc(-n2ccnc2)c(NCC2CCCN2)c1. The predicted molar refractivity (Wildman–Crippen MR) is 73.1 cm³/mol. The Bertz CT molecular complexity index is 486. The van der Waals surface area contributed by atoms with Crippen molar-refractivity contribution in [2.75, 3.05) is 18.4 Å². The molecule has 2 heterocycles. The van der Waals surface area contributed by atoms with Crippen LogP contribution in [-0.4, -0.2) is 28.7 Å². The summed E-state index contributed by atoms with van der Waals surface area (Å²) in [6.45, 7) is 2.13. The summed E-state index contributed by atoms with van der Waals surface area (Å²) in [6, 6.07) is 8.93. The maximum Gasteiger partial charge on any atom is 0.0992 e. The fourth-order valence-electron chi connectivity index (χ4n) is 2.41. The van der Waals surface area contributed by atoms with E-state index in [1.54, 1.807) is 6.20 Å². The number of nitrogens with zero attached hydrogens (tertiary/aromatic N) is 2. The van der Waals surface area contributed by atoms with Gasteiger partial charge in [0.1, 0.15) is 0 Å². The molecule has 0 bridgehead atoms. The van der Waals surface area contributed by atoms with Crippen molar-refractivity contribution in [3.05, 3.63) is 43.0 Å². The van der Waals surface area contributed by atoms with Gasteiger partial charge in [-0.05, 0) is 31.5 Å². The highest BCUT2D eigenvalue weighted by Crippen LogP contribution is 2.19. The number of imidazole rings is 1. The Morgan fingerprint density at radius 3 is 3.11 bits per heavy atom. The lowest BCUT2D eigenvalue weighted by Gasteiger charge is -2.15. The Balaban J connectivity index is 1.75. The van der Waals surface area contributed by atoms with E-state index in [-0.39, 0.29) is 0 Å². The van der Waals surface area contributed by atoms with Crippen LogP contribution in [0.5, 0.6) is 0 Å². The molecule has 0 amide bonds. The van der Waals surface area contributed by atoms with E-state index in [0.29, 0.717) is 6.04 Å². The van der Waals surface area contributed by atoms with Gasteiger partial charge in [0.05, 0.1) is 17.7 Å². The predicted octanol–water partition coefficient (Wildman–Crippen LogP) is 2.04. The van der Waals surface area contributed by atoms with E-state index in [1.165, 1.54) is 12.8 Å². The first kappa shape index (κ1) is 11.3. The quantitative estimate of drug-likeness (QED) is 0.862. The average Bonchev–Trinajstić information content (AvgIpc) is 3.10. The zero-order chi connectivity index (χ0) is 12.2. The molecule has 1 saturated heterocycles. The van der Waals surface area contributed by atoms with E-state index in [1.807, 2.05) is 23.2 Å². The fraction of sp³-hybridized carbons (Fsp3) is 0.357. The van der Waals surface area contributed by atoms with Crippen LogP contribution >= 0.6 is 0 Å². The standard InChI is InChI=1S/C14H18N4/c1-2-6-14(18-9-8-15-11-18)13(5-1)17-10-12-4-3-7-16-12/h1-2,5-6,8-9,11-12,16-17H,3-4,7,10H2. The Morgan fingerprint density at radius 1 is 1.39 bits per heavy atom.